The Morgan fingerprint density at radius 3 is 1.95 bits per heavy atom. The number of piperidine rings is 2. The lowest BCUT2D eigenvalue weighted by molar-refractivity contribution is -0.274. The van der Waals surface area contributed by atoms with Gasteiger partial charge in [-0.05, 0) is 78.6 Å². The molecule has 2 aliphatic heterocycles. The molecule has 202 valence electrons. The maximum atomic E-state index is 13.4. The molecule has 3 aliphatic rings. The molecule has 2 saturated heterocycles. The van der Waals surface area contributed by atoms with Gasteiger partial charge in [0.05, 0.1) is 0 Å². The van der Waals surface area contributed by atoms with E-state index in [9.17, 15) is 22.8 Å². The largest absolute Gasteiger partial charge is 0.573 e. The molecule has 2 atom stereocenters. The van der Waals surface area contributed by atoms with Crippen LogP contribution in [0.5, 0.6) is 5.75 Å². The van der Waals surface area contributed by atoms with Gasteiger partial charge in [-0.25, -0.2) is 4.79 Å². The van der Waals surface area contributed by atoms with Gasteiger partial charge in [0.1, 0.15) is 12.4 Å². The summed E-state index contributed by atoms with van der Waals surface area (Å²) in [6.45, 7) is 0.248. The van der Waals surface area contributed by atoms with Crippen molar-refractivity contribution in [3.63, 3.8) is 0 Å². The summed E-state index contributed by atoms with van der Waals surface area (Å²) in [5.41, 5.74) is 5.00. The number of ether oxygens (including phenoxy) is 2. The van der Waals surface area contributed by atoms with Crippen molar-refractivity contribution < 1.29 is 32.2 Å². The van der Waals surface area contributed by atoms with Gasteiger partial charge in [-0.3, -0.25) is 4.79 Å². The van der Waals surface area contributed by atoms with Crippen LogP contribution in [0.2, 0.25) is 0 Å². The topological polar surface area (TPSA) is 55.8 Å². The van der Waals surface area contributed by atoms with Gasteiger partial charge < -0.3 is 14.4 Å². The number of amides is 1. The number of rotatable bonds is 5. The van der Waals surface area contributed by atoms with Gasteiger partial charge in [0.2, 0.25) is 0 Å². The maximum absolute atomic E-state index is 13.4. The Kier molecular flexibility index (Phi) is 6.57. The molecule has 5 nitrogen and oxygen atoms in total. The molecular weight excluding hydrogens is 507 g/mol. The predicted octanol–water partition coefficient (Wildman–Crippen LogP) is 7.35. The highest BCUT2D eigenvalue weighted by Crippen LogP contribution is 2.45. The highest BCUT2D eigenvalue weighted by Gasteiger charge is 2.44. The number of fused-ring (bicyclic) bond motifs is 5. The van der Waals surface area contributed by atoms with Crippen LogP contribution in [-0.4, -0.2) is 41.8 Å². The number of halogens is 3. The van der Waals surface area contributed by atoms with Crippen molar-refractivity contribution >= 4 is 11.9 Å². The molecule has 6 rings (SSSR count). The fraction of sp³-hybridized carbons (Fsp3) is 0.355. The molecule has 8 heteroatoms. The van der Waals surface area contributed by atoms with Crippen molar-refractivity contribution in [2.45, 2.75) is 56.5 Å². The minimum Gasteiger partial charge on any atom is -0.448 e. The van der Waals surface area contributed by atoms with Gasteiger partial charge in [0.25, 0.3) is 0 Å². The van der Waals surface area contributed by atoms with E-state index in [0.717, 1.165) is 42.5 Å². The maximum Gasteiger partial charge on any atom is 0.573 e. The van der Waals surface area contributed by atoms with Gasteiger partial charge in [0.15, 0.2) is 5.78 Å². The summed E-state index contributed by atoms with van der Waals surface area (Å²) < 4.78 is 47.3. The Morgan fingerprint density at radius 1 is 0.821 bits per heavy atom. The third-order valence-corrected chi connectivity index (χ3v) is 8.26. The van der Waals surface area contributed by atoms with Gasteiger partial charge in [-0.2, -0.15) is 0 Å². The Balaban J connectivity index is 1.12. The number of nitrogens with zero attached hydrogens (tertiary/aromatic N) is 1. The molecule has 2 heterocycles. The molecule has 1 amide bonds. The molecule has 0 saturated carbocycles. The normalized spacial score (nSPS) is 22.1. The molecule has 3 aromatic rings. The second-order valence-electron chi connectivity index (χ2n) is 10.6. The minimum atomic E-state index is -4.78. The lowest BCUT2D eigenvalue weighted by Gasteiger charge is -2.47. The van der Waals surface area contributed by atoms with Crippen LogP contribution in [0, 0.1) is 5.92 Å². The zero-order chi connectivity index (χ0) is 27.1. The van der Waals surface area contributed by atoms with Crippen LogP contribution in [0.1, 0.15) is 59.5 Å². The highest BCUT2D eigenvalue weighted by molar-refractivity contribution is 5.98. The fourth-order valence-electron chi connectivity index (χ4n) is 6.62. The summed E-state index contributed by atoms with van der Waals surface area (Å²) in [7, 11) is 0. The molecule has 2 fully saturated rings. The molecule has 0 radical (unpaired) electrons. The molecule has 0 spiro atoms. The average Bonchev–Trinajstić information content (AvgIpc) is 3.24. The van der Waals surface area contributed by atoms with Crippen molar-refractivity contribution in [2.75, 3.05) is 6.61 Å². The molecule has 2 unspecified atom stereocenters. The second-order valence-corrected chi connectivity index (χ2v) is 10.6. The van der Waals surface area contributed by atoms with Crippen LogP contribution in [0.15, 0.2) is 72.8 Å². The average molecular weight is 536 g/mol. The van der Waals surface area contributed by atoms with Gasteiger partial charge in [0, 0.05) is 29.5 Å². The van der Waals surface area contributed by atoms with E-state index in [0.29, 0.717) is 18.4 Å². The molecule has 0 aromatic heterocycles. The van der Waals surface area contributed by atoms with Crippen LogP contribution in [0.3, 0.4) is 0 Å². The van der Waals surface area contributed by atoms with Gasteiger partial charge in [-0.15, -0.1) is 13.2 Å². The van der Waals surface area contributed by atoms with Crippen LogP contribution < -0.4 is 4.74 Å². The predicted molar refractivity (Wildman–Crippen MR) is 139 cm³/mol. The highest BCUT2D eigenvalue weighted by atomic mass is 19.4. The fourth-order valence-corrected chi connectivity index (χ4v) is 6.62. The van der Waals surface area contributed by atoms with Gasteiger partial charge >= 0.3 is 12.5 Å². The first-order valence-corrected chi connectivity index (χ1v) is 13.3. The van der Waals surface area contributed by atoms with E-state index in [-0.39, 0.29) is 48.2 Å². The quantitative estimate of drug-likeness (QED) is 0.321. The third kappa shape index (κ3) is 5.00. The molecule has 1 aliphatic carbocycles. The summed E-state index contributed by atoms with van der Waals surface area (Å²) in [5.74, 6) is -0.796. The van der Waals surface area contributed by atoms with Crippen molar-refractivity contribution in [1.29, 1.82) is 0 Å². The second kappa shape index (κ2) is 10.1. The molecule has 0 N–H and O–H groups in total. The molecule has 2 bridgehead atoms. The van der Waals surface area contributed by atoms with Crippen molar-refractivity contribution in [3.8, 4) is 16.9 Å². The first-order valence-electron chi connectivity index (χ1n) is 13.3. The Labute approximate surface area is 224 Å². The van der Waals surface area contributed by atoms with Crippen LogP contribution in [-0.2, 0) is 4.74 Å². The summed E-state index contributed by atoms with van der Waals surface area (Å²) in [6.07, 6.45) is -1.53. The zero-order valence-electron chi connectivity index (χ0n) is 21.2. The number of Topliss-reactive ketones (excluding diaryl/α,β-unsaturated/α-hetero) is 1. The smallest absolute Gasteiger partial charge is 0.448 e. The number of benzene rings is 3. The number of ketones is 1. The Morgan fingerprint density at radius 2 is 1.38 bits per heavy atom. The number of carbonyl (C=O) groups excluding carboxylic acids is 2. The van der Waals surface area contributed by atoms with E-state index >= 15 is 0 Å². The number of hydrogen-bond acceptors (Lipinski definition) is 4. The standard InChI is InChI=1S/C31H28F3NO4/c32-31(33,34)39-23-14-12-19(13-15-23)29(36)20-16-21-6-5-7-22(17-20)35(21)30(37)38-18-28-26-10-3-1-8-24(26)25-9-2-4-11-27(25)28/h1-4,8-15,20-22,28H,5-7,16-18H2. The van der Waals surface area contributed by atoms with E-state index < -0.39 is 6.36 Å². The minimum absolute atomic E-state index is 0.0235. The lowest BCUT2D eigenvalue weighted by Crippen LogP contribution is -2.55. The Hall–Kier alpha value is -3.81. The summed E-state index contributed by atoms with van der Waals surface area (Å²) in [4.78, 5) is 28.5. The van der Waals surface area contributed by atoms with Crippen molar-refractivity contribution in [2.24, 2.45) is 5.92 Å². The lowest BCUT2D eigenvalue weighted by atomic mass is 9.76. The van der Waals surface area contributed by atoms with E-state index in [1.807, 2.05) is 29.2 Å². The van der Waals surface area contributed by atoms with Crippen LogP contribution in [0.25, 0.3) is 11.1 Å². The number of alkyl halides is 3. The van der Waals surface area contributed by atoms with E-state index in [1.54, 1.807) is 0 Å². The first kappa shape index (κ1) is 25.5. The van der Waals surface area contributed by atoms with E-state index in [1.165, 1.54) is 23.3 Å². The van der Waals surface area contributed by atoms with Crippen molar-refractivity contribution in [1.82, 2.24) is 4.90 Å². The Bertz CT molecular complexity index is 1330. The first-order chi connectivity index (χ1) is 18.8. The zero-order valence-corrected chi connectivity index (χ0v) is 21.2. The van der Waals surface area contributed by atoms with Gasteiger partial charge in [-0.1, -0.05) is 48.5 Å². The molecular formula is C31H28F3NO4. The van der Waals surface area contributed by atoms with Crippen LogP contribution in [0.4, 0.5) is 18.0 Å². The molecule has 3 aromatic carbocycles. The third-order valence-electron chi connectivity index (χ3n) is 8.26. The van der Waals surface area contributed by atoms with E-state index in [4.69, 9.17) is 4.74 Å². The SMILES string of the molecule is O=C(c1ccc(OC(F)(F)F)cc1)C1CC2CCCC(C1)N2C(=O)OCC1c2ccccc2-c2ccccc21. The monoisotopic (exact) mass is 535 g/mol. The number of carbonyl (C=O) groups is 2. The molecule has 39 heavy (non-hydrogen) atoms. The summed E-state index contributed by atoms with van der Waals surface area (Å²) in [5, 5.41) is 0. The summed E-state index contributed by atoms with van der Waals surface area (Å²) >= 11 is 0. The van der Waals surface area contributed by atoms with Crippen LogP contribution >= 0.6 is 0 Å². The number of hydrogen-bond donors (Lipinski definition) is 0. The van der Waals surface area contributed by atoms with Crippen molar-refractivity contribution in [3.05, 3.63) is 89.5 Å². The van der Waals surface area contributed by atoms with E-state index in [2.05, 4.69) is 29.0 Å². The summed E-state index contributed by atoms with van der Waals surface area (Å²) in [6, 6.07) is 21.3.